The third kappa shape index (κ3) is 2.67. The average molecular weight is 152 g/mol. The van der Waals surface area contributed by atoms with Crippen LogP contribution in [0.15, 0.2) is 0 Å². The standard InChI is InChI=1S/C4H10BrN/c1-4(2-5)3-6/h4H,2-3,6H2,1H3. The molecule has 2 N–H and O–H groups in total. The molecule has 0 aliphatic carbocycles. The Balaban J connectivity index is 2.75. The molecule has 0 aromatic rings. The summed E-state index contributed by atoms with van der Waals surface area (Å²) in [6.07, 6.45) is 0. The Labute approximate surface area is 47.0 Å². The van der Waals surface area contributed by atoms with Gasteiger partial charge in [-0.3, -0.25) is 0 Å². The van der Waals surface area contributed by atoms with E-state index in [1.807, 2.05) is 0 Å². The van der Waals surface area contributed by atoms with Crippen LogP contribution in [0.3, 0.4) is 0 Å². The fraction of sp³-hybridized carbons (Fsp3) is 1.00. The zero-order valence-corrected chi connectivity index (χ0v) is 5.53. The number of rotatable bonds is 2. The summed E-state index contributed by atoms with van der Waals surface area (Å²) in [4.78, 5) is 0. The van der Waals surface area contributed by atoms with Crippen LogP contribution in [0.4, 0.5) is 0 Å². The predicted molar refractivity (Wildman–Crippen MR) is 32.0 cm³/mol. The zero-order valence-electron chi connectivity index (χ0n) is 3.95. The highest BCUT2D eigenvalue weighted by atomic mass is 79.9. The number of halogens is 1. The smallest absolute Gasteiger partial charge is 0.00690 e. The Morgan fingerprint density at radius 1 is 1.83 bits per heavy atom. The van der Waals surface area contributed by atoms with Crippen molar-refractivity contribution in [2.75, 3.05) is 11.9 Å². The van der Waals surface area contributed by atoms with E-state index in [1.54, 1.807) is 0 Å². The highest BCUT2D eigenvalue weighted by Gasteiger charge is 1.90. The van der Waals surface area contributed by atoms with E-state index in [4.69, 9.17) is 5.73 Å². The molecule has 0 heterocycles. The Kier molecular flexibility index (Phi) is 3.89. The van der Waals surface area contributed by atoms with Crippen LogP contribution in [0, 0.1) is 5.92 Å². The molecule has 0 aromatic carbocycles. The minimum atomic E-state index is 0.630. The van der Waals surface area contributed by atoms with Gasteiger partial charge in [-0.25, -0.2) is 0 Å². The zero-order chi connectivity index (χ0) is 4.99. The molecule has 0 bridgehead atoms. The van der Waals surface area contributed by atoms with Crippen molar-refractivity contribution in [3.8, 4) is 0 Å². The minimum absolute atomic E-state index is 0.630. The first-order valence-electron chi connectivity index (χ1n) is 2.07. The van der Waals surface area contributed by atoms with E-state index in [2.05, 4.69) is 22.9 Å². The van der Waals surface area contributed by atoms with Crippen molar-refractivity contribution in [2.45, 2.75) is 6.92 Å². The summed E-state index contributed by atoms with van der Waals surface area (Å²) in [6.45, 7) is 2.89. The van der Waals surface area contributed by atoms with Crippen LogP contribution in [-0.4, -0.2) is 11.9 Å². The van der Waals surface area contributed by atoms with E-state index < -0.39 is 0 Å². The molecular formula is C4H10BrN. The third-order valence-corrected chi connectivity index (χ3v) is 1.77. The molecule has 1 atom stereocenters. The second kappa shape index (κ2) is 3.62. The number of nitrogens with two attached hydrogens (primary N) is 1. The van der Waals surface area contributed by atoms with E-state index in [-0.39, 0.29) is 0 Å². The van der Waals surface area contributed by atoms with Crippen LogP contribution >= 0.6 is 15.9 Å². The van der Waals surface area contributed by atoms with Gasteiger partial charge in [-0.2, -0.15) is 0 Å². The van der Waals surface area contributed by atoms with Crippen molar-refractivity contribution >= 4 is 15.9 Å². The molecule has 1 unspecified atom stereocenters. The second-order valence-electron chi connectivity index (χ2n) is 1.50. The lowest BCUT2D eigenvalue weighted by Crippen LogP contribution is -2.10. The van der Waals surface area contributed by atoms with Gasteiger partial charge in [-0.1, -0.05) is 22.9 Å². The molecule has 0 saturated carbocycles. The minimum Gasteiger partial charge on any atom is -0.330 e. The number of hydrogen-bond acceptors (Lipinski definition) is 1. The topological polar surface area (TPSA) is 26.0 Å². The Morgan fingerprint density at radius 3 is 2.33 bits per heavy atom. The summed E-state index contributed by atoms with van der Waals surface area (Å²) in [5.74, 6) is 0.630. The average Bonchev–Trinajstić information content (AvgIpc) is 1.65. The van der Waals surface area contributed by atoms with Gasteiger partial charge in [0.05, 0.1) is 0 Å². The van der Waals surface area contributed by atoms with Crippen LogP contribution in [-0.2, 0) is 0 Å². The summed E-state index contributed by atoms with van der Waals surface area (Å²) in [7, 11) is 0. The summed E-state index contributed by atoms with van der Waals surface area (Å²) in [5.41, 5.74) is 5.25. The highest BCUT2D eigenvalue weighted by Crippen LogP contribution is 1.94. The lowest BCUT2D eigenvalue weighted by molar-refractivity contribution is 0.680. The third-order valence-electron chi connectivity index (χ3n) is 0.666. The molecule has 0 aromatic heterocycles. The Morgan fingerprint density at radius 2 is 2.33 bits per heavy atom. The predicted octanol–water partition coefficient (Wildman–Crippen LogP) is 0.976. The lowest BCUT2D eigenvalue weighted by Gasteiger charge is -1.97. The van der Waals surface area contributed by atoms with E-state index in [1.165, 1.54) is 0 Å². The highest BCUT2D eigenvalue weighted by molar-refractivity contribution is 9.09. The van der Waals surface area contributed by atoms with Gasteiger partial charge in [0.1, 0.15) is 0 Å². The summed E-state index contributed by atoms with van der Waals surface area (Å²) in [5, 5.41) is 1.02. The summed E-state index contributed by atoms with van der Waals surface area (Å²) >= 11 is 3.29. The number of hydrogen-bond donors (Lipinski definition) is 1. The summed E-state index contributed by atoms with van der Waals surface area (Å²) in [6, 6.07) is 0. The van der Waals surface area contributed by atoms with Crippen LogP contribution in [0.2, 0.25) is 0 Å². The molecule has 0 fully saturated rings. The van der Waals surface area contributed by atoms with Gasteiger partial charge in [-0.05, 0) is 12.5 Å². The molecule has 0 rings (SSSR count). The van der Waals surface area contributed by atoms with Crippen LogP contribution in [0.1, 0.15) is 6.92 Å². The van der Waals surface area contributed by atoms with Gasteiger partial charge in [-0.15, -0.1) is 0 Å². The molecule has 1 nitrogen and oxygen atoms in total. The van der Waals surface area contributed by atoms with Crippen molar-refractivity contribution in [3.05, 3.63) is 0 Å². The van der Waals surface area contributed by atoms with Gasteiger partial charge < -0.3 is 5.73 Å². The maximum absolute atomic E-state index is 5.25. The van der Waals surface area contributed by atoms with Gasteiger partial charge in [0.15, 0.2) is 0 Å². The van der Waals surface area contributed by atoms with Gasteiger partial charge in [0.2, 0.25) is 0 Å². The van der Waals surface area contributed by atoms with E-state index >= 15 is 0 Å². The SMILES string of the molecule is CC(CN)CBr. The molecular weight excluding hydrogens is 142 g/mol. The summed E-state index contributed by atoms with van der Waals surface area (Å²) < 4.78 is 0. The normalized spacial score (nSPS) is 14.5. The quantitative estimate of drug-likeness (QED) is 0.586. The molecule has 0 aliphatic rings. The van der Waals surface area contributed by atoms with Crippen molar-refractivity contribution in [3.63, 3.8) is 0 Å². The van der Waals surface area contributed by atoms with E-state index in [0.717, 1.165) is 11.9 Å². The molecule has 0 aliphatic heterocycles. The Bertz CT molecular complexity index is 26.7. The largest absolute Gasteiger partial charge is 0.330 e. The van der Waals surface area contributed by atoms with Gasteiger partial charge in [0, 0.05) is 5.33 Å². The molecule has 0 amide bonds. The van der Waals surface area contributed by atoms with E-state index in [0.29, 0.717) is 5.92 Å². The lowest BCUT2D eigenvalue weighted by atomic mass is 10.2. The second-order valence-corrected chi connectivity index (χ2v) is 2.14. The Hall–Kier alpha value is 0.440. The molecule has 0 radical (unpaired) electrons. The fourth-order valence-electron chi connectivity index (χ4n) is 0.0630. The van der Waals surface area contributed by atoms with Crippen molar-refractivity contribution in [1.29, 1.82) is 0 Å². The van der Waals surface area contributed by atoms with Gasteiger partial charge in [0.25, 0.3) is 0 Å². The first kappa shape index (κ1) is 6.44. The van der Waals surface area contributed by atoms with Crippen molar-refractivity contribution < 1.29 is 0 Å². The first-order valence-corrected chi connectivity index (χ1v) is 3.19. The maximum Gasteiger partial charge on any atom is 0.00690 e. The number of alkyl halides is 1. The molecule has 0 spiro atoms. The van der Waals surface area contributed by atoms with Gasteiger partial charge >= 0.3 is 0 Å². The molecule has 2 heteroatoms. The van der Waals surface area contributed by atoms with Crippen molar-refractivity contribution in [2.24, 2.45) is 11.7 Å². The van der Waals surface area contributed by atoms with Crippen molar-refractivity contribution in [1.82, 2.24) is 0 Å². The monoisotopic (exact) mass is 151 g/mol. The van der Waals surface area contributed by atoms with Crippen LogP contribution in [0.25, 0.3) is 0 Å². The molecule has 38 valence electrons. The molecule has 6 heavy (non-hydrogen) atoms. The van der Waals surface area contributed by atoms with Crippen LogP contribution < -0.4 is 5.73 Å². The fourth-order valence-corrected chi connectivity index (χ4v) is 0.327. The maximum atomic E-state index is 5.25. The first-order chi connectivity index (χ1) is 2.81. The molecule has 0 saturated heterocycles. The van der Waals surface area contributed by atoms with Crippen LogP contribution in [0.5, 0.6) is 0 Å². The van der Waals surface area contributed by atoms with E-state index in [9.17, 15) is 0 Å².